The number of urea groups is 1. The summed E-state index contributed by atoms with van der Waals surface area (Å²) in [6, 6.07) is 4.75. The molecule has 7 heteroatoms. The number of nitrogens with one attached hydrogen (secondary N) is 1. The van der Waals surface area contributed by atoms with Crippen LogP contribution in [0.25, 0.3) is 10.9 Å². The first-order valence-electron chi connectivity index (χ1n) is 7.07. The van der Waals surface area contributed by atoms with Gasteiger partial charge in [0.25, 0.3) is 5.91 Å². The third kappa shape index (κ3) is 2.34. The monoisotopic (exact) mass is 320 g/mol. The number of imide groups is 1. The first kappa shape index (κ1) is 14.9. The van der Waals surface area contributed by atoms with Crippen LogP contribution in [0.4, 0.5) is 4.79 Å². The van der Waals surface area contributed by atoms with Crippen molar-refractivity contribution in [3.63, 3.8) is 0 Å². The maximum Gasteiger partial charge on any atom is 0.324 e. The van der Waals surface area contributed by atoms with Crippen LogP contribution in [0.5, 0.6) is 0 Å². The van der Waals surface area contributed by atoms with Gasteiger partial charge in [0, 0.05) is 38.1 Å². The minimum atomic E-state index is -0.552. The van der Waals surface area contributed by atoms with E-state index >= 15 is 0 Å². The Morgan fingerprint density at radius 1 is 1.36 bits per heavy atom. The summed E-state index contributed by atoms with van der Waals surface area (Å²) in [5.74, 6) is -0.227. The Bertz CT molecular complexity index is 755. The molecule has 1 fully saturated rings. The second-order valence-corrected chi connectivity index (χ2v) is 5.79. The second kappa shape index (κ2) is 5.62. The average Bonchev–Trinajstić information content (AvgIpc) is 2.93. The molecule has 22 heavy (non-hydrogen) atoms. The highest BCUT2D eigenvalue weighted by Crippen LogP contribution is 2.28. The minimum Gasteiger partial charge on any atom is -0.349 e. The number of aromatic nitrogens is 1. The third-order valence-electron chi connectivity index (χ3n) is 3.92. The Morgan fingerprint density at radius 3 is 2.86 bits per heavy atom. The van der Waals surface area contributed by atoms with E-state index in [4.69, 9.17) is 17.3 Å². The number of halogens is 1. The standard InChI is InChI=1S/C15H17ClN4O2/c1-19-8-9(10-3-2-4-11(16)13(10)19)7-12-14(21)20(6-5-17)15(22)18-12/h2-4,8,12H,5-7,17H2,1H3,(H,18,22). The number of amides is 3. The molecule has 116 valence electrons. The summed E-state index contributed by atoms with van der Waals surface area (Å²) < 4.78 is 1.94. The van der Waals surface area contributed by atoms with Gasteiger partial charge < -0.3 is 15.6 Å². The van der Waals surface area contributed by atoms with Gasteiger partial charge in [0.05, 0.1) is 10.5 Å². The number of nitrogens with two attached hydrogens (primary N) is 1. The molecule has 2 aromatic rings. The highest BCUT2D eigenvalue weighted by molar-refractivity contribution is 6.35. The van der Waals surface area contributed by atoms with Crippen molar-refractivity contribution in [2.24, 2.45) is 12.8 Å². The fourth-order valence-corrected chi connectivity index (χ4v) is 3.25. The van der Waals surface area contributed by atoms with E-state index in [2.05, 4.69) is 5.32 Å². The Labute approximate surface area is 132 Å². The first-order valence-corrected chi connectivity index (χ1v) is 7.45. The predicted molar refractivity (Wildman–Crippen MR) is 84.7 cm³/mol. The molecule has 0 spiro atoms. The van der Waals surface area contributed by atoms with E-state index in [-0.39, 0.29) is 25.0 Å². The van der Waals surface area contributed by atoms with Crippen molar-refractivity contribution in [3.8, 4) is 0 Å². The van der Waals surface area contributed by atoms with Gasteiger partial charge in [-0.3, -0.25) is 9.69 Å². The van der Waals surface area contributed by atoms with Gasteiger partial charge in [-0.1, -0.05) is 23.7 Å². The Kier molecular flexibility index (Phi) is 3.80. The van der Waals surface area contributed by atoms with E-state index < -0.39 is 6.04 Å². The molecule has 3 amide bonds. The lowest BCUT2D eigenvalue weighted by Gasteiger charge is -2.11. The zero-order valence-corrected chi connectivity index (χ0v) is 12.9. The molecule has 1 atom stereocenters. The molecule has 3 rings (SSSR count). The molecule has 1 aliphatic rings. The number of para-hydroxylation sites is 1. The van der Waals surface area contributed by atoms with Gasteiger partial charge in [-0.25, -0.2) is 4.79 Å². The number of carbonyl (C=O) groups excluding carboxylic acids is 2. The molecule has 0 radical (unpaired) electrons. The van der Waals surface area contributed by atoms with Crippen LogP contribution in [0.1, 0.15) is 5.56 Å². The zero-order valence-electron chi connectivity index (χ0n) is 12.2. The van der Waals surface area contributed by atoms with Crippen molar-refractivity contribution < 1.29 is 9.59 Å². The molecule has 1 unspecified atom stereocenters. The Balaban J connectivity index is 1.90. The van der Waals surface area contributed by atoms with Gasteiger partial charge in [-0.15, -0.1) is 0 Å². The van der Waals surface area contributed by atoms with Crippen molar-refractivity contribution in [2.75, 3.05) is 13.1 Å². The number of hydrogen-bond acceptors (Lipinski definition) is 3. The molecule has 1 aromatic carbocycles. The fraction of sp³-hybridized carbons (Fsp3) is 0.333. The number of aryl methyl sites for hydroxylation is 1. The summed E-state index contributed by atoms with van der Waals surface area (Å²) in [4.78, 5) is 25.3. The molecular formula is C15H17ClN4O2. The van der Waals surface area contributed by atoms with Gasteiger partial charge in [-0.05, 0) is 11.6 Å². The zero-order chi connectivity index (χ0) is 15.9. The smallest absolute Gasteiger partial charge is 0.324 e. The van der Waals surface area contributed by atoms with Crippen molar-refractivity contribution in [1.29, 1.82) is 0 Å². The van der Waals surface area contributed by atoms with Gasteiger partial charge >= 0.3 is 6.03 Å². The third-order valence-corrected chi connectivity index (χ3v) is 4.22. The summed E-state index contributed by atoms with van der Waals surface area (Å²) in [5.41, 5.74) is 7.34. The maximum atomic E-state index is 12.3. The van der Waals surface area contributed by atoms with Crippen LogP contribution in [0.2, 0.25) is 5.02 Å². The van der Waals surface area contributed by atoms with E-state index in [1.54, 1.807) is 0 Å². The molecule has 1 aromatic heterocycles. The predicted octanol–water partition coefficient (Wildman–Crippen LogP) is 1.25. The lowest BCUT2D eigenvalue weighted by Crippen LogP contribution is -2.36. The van der Waals surface area contributed by atoms with Crippen LogP contribution in [0, 0.1) is 0 Å². The van der Waals surface area contributed by atoms with Gasteiger partial charge in [0.2, 0.25) is 0 Å². The van der Waals surface area contributed by atoms with Gasteiger partial charge in [-0.2, -0.15) is 0 Å². The highest BCUT2D eigenvalue weighted by atomic mass is 35.5. The Hall–Kier alpha value is -2.05. The molecule has 0 aliphatic carbocycles. The van der Waals surface area contributed by atoms with Crippen LogP contribution in [-0.4, -0.2) is 40.5 Å². The van der Waals surface area contributed by atoms with Crippen LogP contribution in [0.3, 0.4) is 0 Å². The van der Waals surface area contributed by atoms with Crippen LogP contribution in [0.15, 0.2) is 24.4 Å². The SMILES string of the molecule is Cn1cc(CC2NC(=O)N(CCN)C2=O)c2cccc(Cl)c21. The van der Waals surface area contributed by atoms with E-state index in [0.29, 0.717) is 11.4 Å². The first-order chi connectivity index (χ1) is 10.5. The molecular weight excluding hydrogens is 304 g/mol. The van der Waals surface area contributed by atoms with Gasteiger partial charge in [0.15, 0.2) is 0 Å². The lowest BCUT2D eigenvalue weighted by molar-refractivity contribution is -0.127. The molecule has 2 heterocycles. The van der Waals surface area contributed by atoms with E-state index in [1.807, 2.05) is 36.0 Å². The molecule has 1 aliphatic heterocycles. The normalized spacial score (nSPS) is 18.3. The van der Waals surface area contributed by atoms with Crippen molar-refractivity contribution in [2.45, 2.75) is 12.5 Å². The summed E-state index contributed by atoms with van der Waals surface area (Å²) in [7, 11) is 1.91. The largest absolute Gasteiger partial charge is 0.349 e. The Morgan fingerprint density at radius 2 is 2.14 bits per heavy atom. The van der Waals surface area contributed by atoms with Gasteiger partial charge in [0.1, 0.15) is 6.04 Å². The van der Waals surface area contributed by atoms with Crippen molar-refractivity contribution in [3.05, 3.63) is 35.0 Å². The molecule has 3 N–H and O–H groups in total. The van der Waals surface area contributed by atoms with Crippen LogP contribution in [-0.2, 0) is 18.3 Å². The van der Waals surface area contributed by atoms with Crippen LogP contribution < -0.4 is 11.1 Å². The highest BCUT2D eigenvalue weighted by Gasteiger charge is 2.37. The van der Waals surface area contributed by atoms with Crippen LogP contribution >= 0.6 is 11.6 Å². The van der Waals surface area contributed by atoms with Crippen molar-refractivity contribution in [1.82, 2.24) is 14.8 Å². The molecule has 0 saturated carbocycles. The second-order valence-electron chi connectivity index (χ2n) is 5.39. The number of rotatable bonds is 4. The number of fused-ring (bicyclic) bond motifs is 1. The molecule has 0 bridgehead atoms. The number of carbonyl (C=O) groups is 2. The molecule has 1 saturated heterocycles. The summed E-state index contributed by atoms with van der Waals surface area (Å²) >= 11 is 6.23. The minimum absolute atomic E-state index is 0.227. The quantitative estimate of drug-likeness (QED) is 0.832. The van der Waals surface area contributed by atoms with Crippen molar-refractivity contribution >= 4 is 34.4 Å². The van der Waals surface area contributed by atoms with E-state index in [9.17, 15) is 9.59 Å². The van der Waals surface area contributed by atoms with E-state index in [1.165, 1.54) is 4.90 Å². The summed E-state index contributed by atoms with van der Waals surface area (Å²) in [6.45, 7) is 0.498. The summed E-state index contributed by atoms with van der Waals surface area (Å²) in [6.07, 6.45) is 2.38. The number of benzene rings is 1. The number of hydrogen-bond donors (Lipinski definition) is 2. The molecule has 6 nitrogen and oxygen atoms in total. The number of nitrogens with zero attached hydrogens (tertiary/aromatic N) is 2. The topological polar surface area (TPSA) is 80.4 Å². The van der Waals surface area contributed by atoms with E-state index in [0.717, 1.165) is 16.5 Å². The lowest BCUT2D eigenvalue weighted by atomic mass is 10.1. The summed E-state index contributed by atoms with van der Waals surface area (Å²) in [5, 5.41) is 4.37. The fourth-order valence-electron chi connectivity index (χ4n) is 2.94. The average molecular weight is 321 g/mol. The maximum absolute atomic E-state index is 12.3.